The van der Waals surface area contributed by atoms with Gasteiger partial charge in [-0.15, -0.1) is 0 Å². The van der Waals surface area contributed by atoms with Gasteiger partial charge in [0, 0.05) is 37.6 Å². The fraction of sp³-hybridized carbons (Fsp3) is 0.625. The second kappa shape index (κ2) is 6.12. The van der Waals surface area contributed by atoms with Crippen molar-refractivity contribution in [2.24, 2.45) is 0 Å². The number of aromatic nitrogens is 1. The van der Waals surface area contributed by atoms with Gasteiger partial charge in [0.25, 0.3) is 5.91 Å². The molecule has 0 unspecified atom stereocenters. The number of ether oxygens (including phenoxy) is 1. The molecule has 2 fully saturated rings. The first-order valence-electron chi connectivity index (χ1n) is 7.74. The number of likely N-dealkylation sites (N-methyl/N-ethyl adjacent to an activating group) is 1. The first-order chi connectivity index (χ1) is 10.2. The van der Waals surface area contributed by atoms with Gasteiger partial charge in [-0.05, 0) is 31.5 Å². The number of morpholine rings is 1. The molecule has 0 aromatic carbocycles. The highest BCUT2D eigenvalue weighted by Gasteiger charge is 2.37. The number of rotatable bonds is 2. The lowest BCUT2D eigenvalue weighted by molar-refractivity contribution is -0.0893. The fourth-order valence-corrected chi connectivity index (χ4v) is 3.31. The molecule has 1 amide bonds. The minimum atomic E-state index is 0.131. The Morgan fingerprint density at radius 2 is 2.33 bits per heavy atom. The number of aryl methyl sites for hydroxylation is 1. The minimum absolute atomic E-state index is 0.131. The molecule has 5 nitrogen and oxygen atoms in total. The standard InChI is InChI=1S/C16H23N3O2/c1-3-12-10-17-6-4-13(12)16(20)19-7-5-15-14(11-19)18(2)8-9-21-15/h4,6,10,14-15H,3,5,7-9,11H2,1-2H3/t14-,15+/m1/s1. The molecule has 3 rings (SSSR count). The molecule has 0 N–H and O–H groups in total. The summed E-state index contributed by atoms with van der Waals surface area (Å²) in [5.41, 5.74) is 1.82. The van der Waals surface area contributed by atoms with Gasteiger partial charge >= 0.3 is 0 Å². The van der Waals surface area contributed by atoms with Crippen LogP contribution in [-0.2, 0) is 11.2 Å². The van der Waals surface area contributed by atoms with E-state index in [4.69, 9.17) is 4.74 Å². The Morgan fingerprint density at radius 1 is 1.48 bits per heavy atom. The van der Waals surface area contributed by atoms with Crippen LogP contribution in [0.1, 0.15) is 29.3 Å². The molecular weight excluding hydrogens is 266 g/mol. The van der Waals surface area contributed by atoms with Gasteiger partial charge in [-0.2, -0.15) is 0 Å². The highest BCUT2D eigenvalue weighted by atomic mass is 16.5. The molecule has 2 atom stereocenters. The van der Waals surface area contributed by atoms with Crippen molar-refractivity contribution in [3.8, 4) is 0 Å². The first kappa shape index (κ1) is 14.5. The van der Waals surface area contributed by atoms with Crippen LogP contribution in [0, 0.1) is 0 Å². The van der Waals surface area contributed by atoms with E-state index in [0.29, 0.717) is 6.04 Å². The van der Waals surface area contributed by atoms with E-state index in [1.165, 1.54) is 0 Å². The molecule has 2 aliphatic rings. The Hall–Kier alpha value is -1.46. The Labute approximate surface area is 125 Å². The van der Waals surface area contributed by atoms with Crippen molar-refractivity contribution in [2.45, 2.75) is 31.9 Å². The number of nitrogens with zero attached hydrogens (tertiary/aromatic N) is 3. The topological polar surface area (TPSA) is 45.7 Å². The maximum Gasteiger partial charge on any atom is 0.254 e. The van der Waals surface area contributed by atoms with Gasteiger partial charge in [0.2, 0.25) is 0 Å². The smallest absolute Gasteiger partial charge is 0.254 e. The molecule has 0 saturated carbocycles. The van der Waals surface area contributed by atoms with Crippen LogP contribution in [-0.4, -0.2) is 66.1 Å². The summed E-state index contributed by atoms with van der Waals surface area (Å²) in [7, 11) is 2.12. The Bertz CT molecular complexity index is 520. The van der Waals surface area contributed by atoms with Gasteiger partial charge < -0.3 is 9.64 Å². The summed E-state index contributed by atoms with van der Waals surface area (Å²) < 4.78 is 5.84. The Kier molecular flexibility index (Phi) is 4.22. The zero-order chi connectivity index (χ0) is 14.8. The van der Waals surface area contributed by atoms with Crippen molar-refractivity contribution in [2.75, 3.05) is 33.3 Å². The normalized spacial score (nSPS) is 26.5. The summed E-state index contributed by atoms with van der Waals surface area (Å²) in [5, 5.41) is 0. The van der Waals surface area contributed by atoms with Gasteiger partial charge in [-0.1, -0.05) is 6.92 Å². The maximum atomic E-state index is 12.8. The lowest BCUT2D eigenvalue weighted by atomic mass is 9.97. The average molecular weight is 289 g/mol. The predicted octanol–water partition coefficient (Wildman–Crippen LogP) is 1.19. The third kappa shape index (κ3) is 2.80. The van der Waals surface area contributed by atoms with Crippen LogP contribution in [0.5, 0.6) is 0 Å². The lowest BCUT2D eigenvalue weighted by Gasteiger charge is -2.45. The highest BCUT2D eigenvalue weighted by Crippen LogP contribution is 2.23. The molecule has 2 aliphatic heterocycles. The Morgan fingerprint density at radius 3 is 3.14 bits per heavy atom. The van der Waals surface area contributed by atoms with Crippen molar-refractivity contribution in [1.29, 1.82) is 0 Å². The van der Waals surface area contributed by atoms with Crippen molar-refractivity contribution in [1.82, 2.24) is 14.8 Å². The van der Waals surface area contributed by atoms with E-state index in [2.05, 4.69) is 23.9 Å². The van der Waals surface area contributed by atoms with Gasteiger partial charge in [0.15, 0.2) is 0 Å². The number of amides is 1. The molecule has 0 radical (unpaired) electrons. The van der Waals surface area contributed by atoms with Crippen LogP contribution < -0.4 is 0 Å². The van der Waals surface area contributed by atoms with Crippen LogP contribution in [0.4, 0.5) is 0 Å². The minimum Gasteiger partial charge on any atom is -0.375 e. The largest absolute Gasteiger partial charge is 0.375 e. The summed E-state index contributed by atoms with van der Waals surface area (Å²) in [5.74, 6) is 0.131. The summed E-state index contributed by atoms with van der Waals surface area (Å²) in [4.78, 5) is 21.2. The van der Waals surface area contributed by atoms with Crippen molar-refractivity contribution in [3.63, 3.8) is 0 Å². The number of carbonyl (C=O) groups is 1. The molecular formula is C16H23N3O2. The first-order valence-corrected chi connectivity index (χ1v) is 7.74. The molecule has 0 aliphatic carbocycles. The van der Waals surface area contributed by atoms with E-state index in [9.17, 15) is 4.79 Å². The lowest BCUT2D eigenvalue weighted by Crippen LogP contribution is -2.59. The maximum absolute atomic E-state index is 12.8. The number of pyridine rings is 1. The number of fused-ring (bicyclic) bond motifs is 1. The average Bonchev–Trinajstić information content (AvgIpc) is 2.54. The molecule has 0 spiro atoms. The molecule has 0 bridgehead atoms. The number of hydrogen-bond donors (Lipinski definition) is 0. The van der Waals surface area contributed by atoms with Crippen LogP contribution in [0.25, 0.3) is 0 Å². The van der Waals surface area contributed by atoms with Crippen LogP contribution in [0.2, 0.25) is 0 Å². The van der Waals surface area contributed by atoms with Crippen LogP contribution in [0.15, 0.2) is 18.5 Å². The van der Waals surface area contributed by atoms with E-state index in [1.54, 1.807) is 12.4 Å². The quantitative estimate of drug-likeness (QED) is 0.820. The molecule has 5 heteroatoms. The second-order valence-corrected chi connectivity index (χ2v) is 5.88. The second-order valence-electron chi connectivity index (χ2n) is 5.88. The zero-order valence-electron chi connectivity index (χ0n) is 12.8. The van der Waals surface area contributed by atoms with Gasteiger partial charge in [-0.25, -0.2) is 0 Å². The number of carbonyl (C=O) groups excluding carboxylic acids is 1. The monoisotopic (exact) mass is 289 g/mol. The molecule has 2 saturated heterocycles. The number of likely N-dealkylation sites (tertiary alicyclic amines) is 1. The third-order valence-electron chi connectivity index (χ3n) is 4.66. The Balaban J connectivity index is 1.76. The third-order valence-corrected chi connectivity index (χ3v) is 4.66. The molecule has 3 heterocycles. The van der Waals surface area contributed by atoms with Gasteiger partial charge in [0.1, 0.15) is 0 Å². The molecule has 114 valence electrons. The molecule has 1 aromatic rings. The van der Waals surface area contributed by atoms with Crippen LogP contribution in [0.3, 0.4) is 0 Å². The van der Waals surface area contributed by atoms with Crippen molar-refractivity contribution in [3.05, 3.63) is 29.6 Å². The van der Waals surface area contributed by atoms with E-state index in [-0.39, 0.29) is 12.0 Å². The fourth-order valence-electron chi connectivity index (χ4n) is 3.31. The summed E-state index contributed by atoms with van der Waals surface area (Å²) >= 11 is 0. The van der Waals surface area contributed by atoms with Crippen molar-refractivity contribution >= 4 is 5.91 Å². The summed E-state index contributed by atoms with van der Waals surface area (Å²) in [6, 6.07) is 2.16. The van der Waals surface area contributed by atoms with Gasteiger partial charge in [-0.3, -0.25) is 14.7 Å². The predicted molar refractivity (Wildman–Crippen MR) is 80.3 cm³/mol. The van der Waals surface area contributed by atoms with Crippen LogP contribution >= 0.6 is 0 Å². The molecule has 1 aromatic heterocycles. The number of piperidine rings is 1. The summed E-state index contributed by atoms with van der Waals surface area (Å²) in [6.45, 7) is 5.34. The van der Waals surface area contributed by atoms with E-state index in [0.717, 1.165) is 50.2 Å². The van der Waals surface area contributed by atoms with E-state index < -0.39 is 0 Å². The summed E-state index contributed by atoms with van der Waals surface area (Å²) in [6.07, 6.45) is 5.53. The van der Waals surface area contributed by atoms with E-state index in [1.807, 2.05) is 11.0 Å². The van der Waals surface area contributed by atoms with Crippen molar-refractivity contribution < 1.29 is 9.53 Å². The number of hydrogen-bond acceptors (Lipinski definition) is 4. The van der Waals surface area contributed by atoms with Gasteiger partial charge in [0.05, 0.1) is 18.8 Å². The zero-order valence-corrected chi connectivity index (χ0v) is 12.8. The molecule has 21 heavy (non-hydrogen) atoms. The highest BCUT2D eigenvalue weighted by molar-refractivity contribution is 5.95. The van der Waals surface area contributed by atoms with E-state index >= 15 is 0 Å². The SMILES string of the molecule is CCc1cnccc1C(=O)N1CC[C@@H]2OCCN(C)[C@@H]2C1.